The van der Waals surface area contributed by atoms with E-state index >= 15 is 0 Å². The van der Waals surface area contributed by atoms with Crippen LogP contribution in [0.3, 0.4) is 0 Å². The quantitative estimate of drug-likeness (QED) is 0.436. The fourth-order valence-corrected chi connectivity index (χ4v) is 3.69. The van der Waals surface area contributed by atoms with E-state index in [9.17, 15) is 0 Å². The Morgan fingerprint density at radius 1 is 0.923 bits per heavy atom. The van der Waals surface area contributed by atoms with E-state index in [1.54, 1.807) is 0 Å². The summed E-state index contributed by atoms with van der Waals surface area (Å²) < 4.78 is 0. The van der Waals surface area contributed by atoms with Crippen molar-refractivity contribution in [2.24, 2.45) is 0 Å². The van der Waals surface area contributed by atoms with Crippen LogP contribution in [-0.2, 0) is 0 Å². The number of rotatable bonds is 4. The van der Waals surface area contributed by atoms with Crippen molar-refractivity contribution in [3.8, 4) is 0 Å². The largest absolute Gasteiger partial charge is 0.276 e. The maximum atomic E-state index is 4.13. The normalized spacial score (nSPS) is 13.3. The smallest absolute Gasteiger partial charge is 0.147 e. The molecule has 0 aromatic carbocycles. The Kier molecular flexibility index (Phi) is 4.31. The van der Waals surface area contributed by atoms with Gasteiger partial charge in [0.25, 0.3) is 0 Å². The van der Waals surface area contributed by atoms with Crippen molar-refractivity contribution < 1.29 is 0 Å². The third-order valence-corrected chi connectivity index (χ3v) is 3.11. The van der Waals surface area contributed by atoms with Crippen molar-refractivity contribution in [1.82, 2.24) is 14.7 Å². The molecule has 0 saturated heterocycles. The molecule has 3 nitrogen and oxygen atoms in total. The molecule has 0 rings (SSSR count). The minimum atomic E-state index is -0.133. The first-order valence-electron chi connectivity index (χ1n) is 4.46. The van der Waals surface area contributed by atoms with Crippen LogP contribution in [0.5, 0.6) is 0 Å². The van der Waals surface area contributed by atoms with E-state index in [1.807, 2.05) is 0 Å². The molecule has 0 unspecified atom stereocenters. The average Bonchev–Trinajstić information content (AvgIpc) is 1.82. The van der Waals surface area contributed by atoms with Crippen LogP contribution in [0.4, 0.5) is 0 Å². The molecular formula is C9H23N3Si. The first kappa shape index (κ1) is 12.8. The van der Waals surface area contributed by atoms with Crippen LogP contribution in [-0.4, -0.2) is 73.0 Å². The second-order valence-corrected chi connectivity index (χ2v) is 5.31. The molecule has 0 aliphatic rings. The van der Waals surface area contributed by atoms with Gasteiger partial charge in [0.2, 0.25) is 0 Å². The Morgan fingerprint density at radius 3 is 1.15 bits per heavy atom. The standard InChI is InChI=1S/C9H23N3Si/c1-8(13)9(10(2)3,11(4)5)12(6)7/h1H2,2-7,13H3. The van der Waals surface area contributed by atoms with Gasteiger partial charge in [0.15, 0.2) is 0 Å². The molecule has 13 heavy (non-hydrogen) atoms. The zero-order valence-corrected chi connectivity index (χ0v) is 12.0. The van der Waals surface area contributed by atoms with E-state index in [4.69, 9.17) is 0 Å². The van der Waals surface area contributed by atoms with E-state index in [2.05, 4.69) is 63.6 Å². The molecule has 0 saturated carbocycles. The monoisotopic (exact) mass is 201 g/mol. The van der Waals surface area contributed by atoms with Crippen molar-refractivity contribution in [3.63, 3.8) is 0 Å². The van der Waals surface area contributed by atoms with Gasteiger partial charge in [-0.2, -0.15) is 0 Å². The van der Waals surface area contributed by atoms with Gasteiger partial charge in [-0.05, 0) is 42.3 Å². The van der Waals surface area contributed by atoms with Crippen molar-refractivity contribution in [2.45, 2.75) is 5.79 Å². The van der Waals surface area contributed by atoms with Gasteiger partial charge in [-0.25, -0.2) is 0 Å². The van der Waals surface area contributed by atoms with Gasteiger partial charge in [0.1, 0.15) is 5.79 Å². The summed E-state index contributed by atoms with van der Waals surface area (Å²) in [5.41, 5.74) is 0. The molecule has 0 bridgehead atoms. The van der Waals surface area contributed by atoms with Gasteiger partial charge < -0.3 is 0 Å². The molecule has 0 aliphatic carbocycles. The SMILES string of the molecule is C=C([SiH3])C(N(C)C)(N(C)C)N(C)C. The lowest BCUT2D eigenvalue weighted by atomic mass is 10.2. The van der Waals surface area contributed by atoms with E-state index in [1.165, 1.54) is 5.20 Å². The molecule has 0 radical (unpaired) electrons. The Labute approximate surface area is 85.4 Å². The number of likely N-dealkylation sites (N-methyl/N-ethyl adjacent to an activating group) is 3. The fraction of sp³-hybridized carbons (Fsp3) is 0.778. The van der Waals surface area contributed by atoms with Crippen molar-refractivity contribution >= 4 is 10.2 Å². The molecule has 78 valence electrons. The second-order valence-electron chi connectivity index (χ2n) is 4.10. The first-order valence-corrected chi connectivity index (χ1v) is 5.46. The zero-order chi connectivity index (χ0) is 10.8. The molecular weight excluding hydrogens is 178 g/mol. The Bertz CT molecular complexity index is 166. The van der Waals surface area contributed by atoms with Crippen LogP contribution < -0.4 is 0 Å². The van der Waals surface area contributed by atoms with E-state index < -0.39 is 0 Å². The highest BCUT2D eigenvalue weighted by Gasteiger charge is 2.38. The summed E-state index contributed by atoms with van der Waals surface area (Å²) in [5.74, 6) is -0.133. The summed E-state index contributed by atoms with van der Waals surface area (Å²) in [5, 5.41) is 1.26. The van der Waals surface area contributed by atoms with E-state index in [-0.39, 0.29) is 5.79 Å². The lowest BCUT2D eigenvalue weighted by Crippen LogP contribution is -2.65. The highest BCUT2D eigenvalue weighted by atomic mass is 28.1. The maximum absolute atomic E-state index is 4.13. The van der Waals surface area contributed by atoms with Crippen molar-refractivity contribution in [1.29, 1.82) is 0 Å². The summed E-state index contributed by atoms with van der Waals surface area (Å²) in [4.78, 5) is 6.59. The van der Waals surface area contributed by atoms with Crippen LogP contribution in [0.15, 0.2) is 11.8 Å². The van der Waals surface area contributed by atoms with Crippen molar-refractivity contribution in [3.05, 3.63) is 11.8 Å². The Morgan fingerprint density at radius 2 is 1.15 bits per heavy atom. The average molecular weight is 201 g/mol. The number of nitrogens with zero attached hydrogens (tertiary/aromatic N) is 3. The summed E-state index contributed by atoms with van der Waals surface area (Å²) in [6, 6.07) is 0. The molecule has 0 amide bonds. The van der Waals surface area contributed by atoms with Gasteiger partial charge in [-0.15, -0.1) is 6.58 Å². The minimum Gasteiger partial charge on any atom is -0.276 e. The Hall–Kier alpha value is -0.163. The van der Waals surface area contributed by atoms with Gasteiger partial charge in [-0.3, -0.25) is 14.7 Å². The molecule has 0 aliphatic heterocycles. The third kappa shape index (κ3) is 2.02. The first-order chi connectivity index (χ1) is 5.77. The fourth-order valence-electron chi connectivity index (χ4n) is 2.35. The lowest BCUT2D eigenvalue weighted by molar-refractivity contribution is -0.0696. The van der Waals surface area contributed by atoms with Gasteiger partial charge >= 0.3 is 0 Å². The number of hydrogen-bond acceptors (Lipinski definition) is 3. The van der Waals surface area contributed by atoms with Crippen LogP contribution in [0, 0.1) is 0 Å². The predicted molar refractivity (Wildman–Crippen MR) is 62.9 cm³/mol. The molecule has 0 atom stereocenters. The summed E-state index contributed by atoms with van der Waals surface area (Å²) in [6.45, 7) is 4.13. The molecule has 0 fully saturated rings. The minimum absolute atomic E-state index is 0.133. The van der Waals surface area contributed by atoms with Crippen LogP contribution in [0.1, 0.15) is 0 Å². The zero-order valence-electron chi connectivity index (χ0n) is 10.0. The van der Waals surface area contributed by atoms with E-state index in [0.717, 1.165) is 10.2 Å². The predicted octanol–water partition coefficient (Wildman–Crippen LogP) is -0.796. The van der Waals surface area contributed by atoms with Crippen LogP contribution >= 0.6 is 0 Å². The maximum Gasteiger partial charge on any atom is 0.147 e. The van der Waals surface area contributed by atoms with Gasteiger partial charge in [0, 0.05) is 10.2 Å². The van der Waals surface area contributed by atoms with Crippen LogP contribution in [0.25, 0.3) is 0 Å². The van der Waals surface area contributed by atoms with Gasteiger partial charge in [0.05, 0.1) is 0 Å². The van der Waals surface area contributed by atoms with Crippen LogP contribution in [0.2, 0.25) is 0 Å². The highest BCUT2D eigenvalue weighted by molar-refractivity contribution is 6.22. The second kappa shape index (κ2) is 4.37. The summed E-state index contributed by atoms with van der Waals surface area (Å²) >= 11 is 0. The molecule has 0 heterocycles. The number of hydrogen-bond donors (Lipinski definition) is 0. The summed E-state index contributed by atoms with van der Waals surface area (Å²) in [6.07, 6.45) is 0. The molecule has 0 aromatic heterocycles. The summed E-state index contributed by atoms with van der Waals surface area (Å²) in [7, 11) is 13.5. The Balaban J connectivity index is 5.19. The third-order valence-electron chi connectivity index (χ3n) is 2.44. The van der Waals surface area contributed by atoms with E-state index in [0.29, 0.717) is 0 Å². The lowest BCUT2D eigenvalue weighted by Gasteiger charge is -2.50. The molecule has 0 N–H and O–H groups in total. The topological polar surface area (TPSA) is 9.72 Å². The molecule has 4 heteroatoms. The van der Waals surface area contributed by atoms with Gasteiger partial charge in [-0.1, -0.05) is 5.20 Å². The highest BCUT2D eigenvalue weighted by Crippen LogP contribution is 2.23. The van der Waals surface area contributed by atoms with Crippen molar-refractivity contribution in [2.75, 3.05) is 42.3 Å². The molecule has 0 aromatic rings. The molecule has 0 spiro atoms.